The molecule has 2 amide bonds. The van der Waals surface area contributed by atoms with Crippen LogP contribution in [0.1, 0.15) is 12.0 Å². The van der Waals surface area contributed by atoms with Gasteiger partial charge in [-0.05, 0) is 17.7 Å². The van der Waals surface area contributed by atoms with Crippen molar-refractivity contribution >= 4 is 28.5 Å². The van der Waals surface area contributed by atoms with Crippen molar-refractivity contribution in [2.75, 3.05) is 11.9 Å². The summed E-state index contributed by atoms with van der Waals surface area (Å²) >= 11 is 0. The van der Waals surface area contributed by atoms with Crippen molar-refractivity contribution in [3.8, 4) is 5.69 Å². The van der Waals surface area contributed by atoms with E-state index in [1.54, 1.807) is 23.1 Å². The van der Waals surface area contributed by atoms with E-state index in [9.17, 15) is 14.4 Å². The molecule has 9 heteroatoms. The van der Waals surface area contributed by atoms with Crippen LogP contribution in [0, 0.1) is 5.92 Å². The Bertz CT molecular complexity index is 1360. The number of rotatable bonds is 5. The van der Waals surface area contributed by atoms with Crippen LogP contribution in [0.4, 0.5) is 5.69 Å². The Balaban J connectivity index is 1.36. The maximum Gasteiger partial charge on any atom is 0.261 e. The minimum absolute atomic E-state index is 0.0382. The molecule has 0 saturated carbocycles. The lowest BCUT2D eigenvalue weighted by Crippen LogP contribution is -2.28. The van der Waals surface area contributed by atoms with Crippen molar-refractivity contribution in [1.29, 1.82) is 0 Å². The Morgan fingerprint density at radius 3 is 2.72 bits per heavy atom. The summed E-state index contributed by atoms with van der Waals surface area (Å²) in [7, 11) is 0. The summed E-state index contributed by atoms with van der Waals surface area (Å²) in [5.74, 6) is -0.720. The molecule has 2 aromatic carbocycles. The fourth-order valence-electron chi connectivity index (χ4n) is 3.94. The van der Waals surface area contributed by atoms with Crippen LogP contribution in [-0.4, -0.2) is 43.0 Å². The first-order valence-electron chi connectivity index (χ1n) is 10.2. The number of hydrogen-bond donors (Lipinski definition) is 2. The van der Waals surface area contributed by atoms with E-state index in [0.29, 0.717) is 35.5 Å². The van der Waals surface area contributed by atoms with E-state index >= 15 is 0 Å². The number of anilines is 1. The van der Waals surface area contributed by atoms with Gasteiger partial charge in [0.15, 0.2) is 5.65 Å². The number of nitrogens with zero attached hydrogens (tertiary/aromatic N) is 4. The molecule has 1 fully saturated rings. The quantitative estimate of drug-likeness (QED) is 0.505. The molecule has 1 aliphatic rings. The highest BCUT2D eigenvalue weighted by atomic mass is 16.2. The molecule has 160 valence electrons. The van der Waals surface area contributed by atoms with Crippen LogP contribution in [0.15, 0.2) is 71.9 Å². The lowest BCUT2D eigenvalue weighted by atomic mass is 10.1. The lowest BCUT2D eigenvalue weighted by molar-refractivity contribution is -0.128. The first kappa shape index (κ1) is 19.7. The number of aromatic amines is 1. The topological polar surface area (TPSA) is 113 Å². The van der Waals surface area contributed by atoms with Crippen LogP contribution < -0.4 is 10.9 Å². The van der Waals surface area contributed by atoms with Gasteiger partial charge in [-0.3, -0.25) is 14.4 Å². The molecule has 5 rings (SSSR count). The number of nitrogens with one attached hydrogen (secondary N) is 2. The molecule has 4 aromatic rings. The first-order chi connectivity index (χ1) is 15.6. The minimum Gasteiger partial charge on any atom is -0.338 e. The fourth-order valence-corrected chi connectivity index (χ4v) is 3.94. The molecule has 2 aromatic heterocycles. The molecule has 1 saturated heterocycles. The molecule has 0 spiro atoms. The lowest BCUT2D eigenvalue weighted by Gasteiger charge is -2.17. The number of benzene rings is 2. The molecule has 0 aliphatic carbocycles. The standard InChI is InChI=1S/C23H20N6O3/c30-20-10-16(13-28(20)12-15-6-2-1-3-7-15)22(31)27-18-8-4-5-9-19(18)29-21-17(11-26-29)23(32)25-14-24-21/h1-9,11,14,16H,10,12-13H2,(H,27,31)(H,24,25,32). The van der Waals surface area contributed by atoms with Crippen LogP contribution in [0.2, 0.25) is 0 Å². The molecule has 32 heavy (non-hydrogen) atoms. The van der Waals surface area contributed by atoms with E-state index in [2.05, 4.69) is 20.4 Å². The molecule has 1 aliphatic heterocycles. The fraction of sp³-hybridized carbons (Fsp3) is 0.174. The van der Waals surface area contributed by atoms with Crippen LogP contribution >= 0.6 is 0 Å². The maximum atomic E-state index is 13.0. The summed E-state index contributed by atoms with van der Waals surface area (Å²) in [5, 5.41) is 7.57. The van der Waals surface area contributed by atoms with E-state index in [4.69, 9.17) is 0 Å². The van der Waals surface area contributed by atoms with Gasteiger partial charge in [-0.2, -0.15) is 5.10 Å². The Kier molecular flexibility index (Phi) is 4.98. The predicted molar refractivity (Wildman–Crippen MR) is 118 cm³/mol. The molecular weight excluding hydrogens is 408 g/mol. The Morgan fingerprint density at radius 1 is 1.09 bits per heavy atom. The summed E-state index contributed by atoms with van der Waals surface area (Å²) in [6, 6.07) is 16.9. The number of carbonyl (C=O) groups is 2. The van der Waals surface area contributed by atoms with Crippen molar-refractivity contribution in [2.24, 2.45) is 5.92 Å². The van der Waals surface area contributed by atoms with Crippen LogP contribution in [0.25, 0.3) is 16.7 Å². The zero-order valence-corrected chi connectivity index (χ0v) is 17.1. The Labute approximate surface area is 182 Å². The van der Waals surface area contributed by atoms with Gasteiger partial charge in [0.05, 0.1) is 29.8 Å². The highest BCUT2D eigenvalue weighted by Gasteiger charge is 2.34. The van der Waals surface area contributed by atoms with E-state index < -0.39 is 5.92 Å². The van der Waals surface area contributed by atoms with Crippen molar-refractivity contribution in [3.63, 3.8) is 0 Å². The van der Waals surface area contributed by atoms with Gasteiger partial charge in [-0.1, -0.05) is 42.5 Å². The van der Waals surface area contributed by atoms with Gasteiger partial charge < -0.3 is 15.2 Å². The second kappa shape index (κ2) is 8.10. The van der Waals surface area contributed by atoms with Gasteiger partial charge in [0.25, 0.3) is 5.56 Å². The van der Waals surface area contributed by atoms with E-state index in [0.717, 1.165) is 5.56 Å². The average Bonchev–Trinajstić information content (AvgIpc) is 3.40. The van der Waals surface area contributed by atoms with Crippen LogP contribution in [-0.2, 0) is 16.1 Å². The number of amides is 2. The van der Waals surface area contributed by atoms with Crippen LogP contribution in [0.5, 0.6) is 0 Å². The summed E-state index contributed by atoms with van der Waals surface area (Å²) in [6.07, 6.45) is 2.93. The van der Waals surface area contributed by atoms with Crippen molar-refractivity contribution in [2.45, 2.75) is 13.0 Å². The zero-order chi connectivity index (χ0) is 22.1. The smallest absolute Gasteiger partial charge is 0.261 e. The zero-order valence-electron chi connectivity index (χ0n) is 17.1. The molecule has 9 nitrogen and oxygen atoms in total. The Hall–Kier alpha value is -4.27. The molecule has 0 radical (unpaired) electrons. The number of carbonyl (C=O) groups excluding carboxylic acids is 2. The molecular formula is C23H20N6O3. The number of para-hydroxylation sites is 2. The number of likely N-dealkylation sites (tertiary alicyclic amines) is 1. The number of hydrogen-bond acceptors (Lipinski definition) is 5. The monoisotopic (exact) mass is 428 g/mol. The second-order valence-corrected chi connectivity index (χ2v) is 7.69. The highest BCUT2D eigenvalue weighted by Crippen LogP contribution is 2.25. The molecule has 3 heterocycles. The van der Waals surface area contributed by atoms with Gasteiger partial charge >= 0.3 is 0 Å². The minimum atomic E-state index is -0.449. The normalized spacial score (nSPS) is 15.9. The molecule has 0 bridgehead atoms. The SMILES string of the molecule is O=C(Nc1ccccc1-n1ncc2c(=O)[nH]cnc21)C1CC(=O)N(Cc2ccccc2)C1. The third kappa shape index (κ3) is 3.64. The van der Waals surface area contributed by atoms with E-state index in [-0.39, 0.29) is 23.8 Å². The van der Waals surface area contributed by atoms with Gasteiger partial charge in [-0.25, -0.2) is 9.67 Å². The third-order valence-electron chi connectivity index (χ3n) is 5.56. The van der Waals surface area contributed by atoms with E-state index in [1.165, 1.54) is 17.2 Å². The maximum absolute atomic E-state index is 13.0. The molecule has 1 atom stereocenters. The summed E-state index contributed by atoms with van der Waals surface area (Å²) < 4.78 is 1.52. The molecule has 2 N–H and O–H groups in total. The summed E-state index contributed by atoms with van der Waals surface area (Å²) in [6.45, 7) is 0.850. The van der Waals surface area contributed by atoms with Gasteiger partial charge in [0.1, 0.15) is 5.39 Å². The number of fused-ring (bicyclic) bond motifs is 1. The Morgan fingerprint density at radius 2 is 1.88 bits per heavy atom. The number of aromatic nitrogens is 4. The highest BCUT2D eigenvalue weighted by molar-refractivity contribution is 5.98. The van der Waals surface area contributed by atoms with Crippen molar-refractivity contribution in [1.82, 2.24) is 24.6 Å². The van der Waals surface area contributed by atoms with Gasteiger partial charge in [-0.15, -0.1) is 0 Å². The first-order valence-corrected chi connectivity index (χ1v) is 10.2. The third-order valence-corrected chi connectivity index (χ3v) is 5.56. The predicted octanol–water partition coefficient (Wildman–Crippen LogP) is 2.10. The second-order valence-electron chi connectivity index (χ2n) is 7.69. The van der Waals surface area contributed by atoms with Crippen molar-refractivity contribution in [3.05, 3.63) is 83.0 Å². The largest absolute Gasteiger partial charge is 0.338 e. The summed E-state index contributed by atoms with van der Waals surface area (Å²) in [5.41, 5.74) is 2.24. The van der Waals surface area contributed by atoms with Crippen molar-refractivity contribution < 1.29 is 9.59 Å². The molecule has 1 unspecified atom stereocenters. The summed E-state index contributed by atoms with van der Waals surface area (Å²) in [4.78, 5) is 45.9. The van der Waals surface area contributed by atoms with Crippen LogP contribution in [0.3, 0.4) is 0 Å². The number of H-pyrrole nitrogens is 1. The van der Waals surface area contributed by atoms with E-state index in [1.807, 2.05) is 36.4 Å². The van der Waals surface area contributed by atoms with Gasteiger partial charge in [0, 0.05) is 19.5 Å². The average molecular weight is 428 g/mol. The van der Waals surface area contributed by atoms with Gasteiger partial charge in [0.2, 0.25) is 11.8 Å².